The maximum atomic E-state index is 12.8. The van der Waals surface area contributed by atoms with Crippen LogP contribution in [0, 0.1) is 0 Å². The van der Waals surface area contributed by atoms with Gasteiger partial charge in [0.15, 0.2) is 6.10 Å². The lowest BCUT2D eigenvalue weighted by atomic mass is 9.99. The fraction of sp³-hybridized carbons (Fsp3) is 0.435. The van der Waals surface area contributed by atoms with Gasteiger partial charge in [-0.15, -0.1) is 0 Å². The molecule has 160 valence electrons. The van der Waals surface area contributed by atoms with Crippen LogP contribution in [0.2, 0.25) is 5.02 Å². The van der Waals surface area contributed by atoms with Crippen LogP contribution in [0.4, 0.5) is 0 Å². The van der Waals surface area contributed by atoms with Gasteiger partial charge in [-0.25, -0.2) is 4.79 Å². The molecule has 1 saturated heterocycles. The van der Waals surface area contributed by atoms with E-state index in [2.05, 4.69) is 6.92 Å². The Morgan fingerprint density at radius 3 is 2.70 bits per heavy atom. The first-order valence-electron chi connectivity index (χ1n) is 10.4. The summed E-state index contributed by atoms with van der Waals surface area (Å²) in [6.07, 6.45) is 4.52. The van der Waals surface area contributed by atoms with Gasteiger partial charge >= 0.3 is 5.97 Å². The van der Waals surface area contributed by atoms with Gasteiger partial charge in [0, 0.05) is 29.9 Å². The Hall–Kier alpha value is -2.60. The Labute approximate surface area is 181 Å². The number of benzene rings is 1. The number of carbonyl (C=O) groups is 2. The summed E-state index contributed by atoms with van der Waals surface area (Å²) < 4.78 is 6.85. The quantitative estimate of drug-likeness (QED) is 0.652. The summed E-state index contributed by atoms with van der Waals surface area (Å²) in [6, 6.07) is 10.2. The summed E-state index contributed by atoms with van der Waals surface area (Å²) in [5.74, 6) is -0.798. The maximum absolute atomic E-state index is 12.8. The predicted molar refractivity (Wildman–Crippen MR) is 116 cm³/mol. The molecule has 0 N–H and O–H groups in total. The predicted octanol–water partition coefficient (Wildman–Crippen LogP) is 3.89. The van der Waals surface area contributed by atoms with Gasteiger partial charge in [0.1, 0.15) is 0 Å². The van der Waals surface area contributed by atoms with Crippen molar-refractivity contribution in [3.63, 3.8) is 0 Å². The van der Waals surface area contributed by atoms with Crippen LogP contribution < -0.4 is 5.56 Å². The minimum Gasteiger partial charge on any atom is -0.449 e. The number of likely N-dealkylation sites (tertiary alicyclic amines) is 1. The molecule has 3 rings (SSSR count). The highest BCUT2D eigenvalue weighted by atomic mass is 35.5. The standard InChI is InChI=1S/C23H27ClN2O4/c1-3-19-9-6-7-13-26(19)22(28)16(2)30-23(29)18-11-12-21(27)25(15-18)14-17-8-4-5-10-20(17)24/h4-5,8,10-12,15-16,19H,3,6-7,9,13-14H2,1-2H3. The van der Waals surface area contributed by atoms with E-state index >= 15 is 0 Å². The minimum atomic E-state index is -0.881. The fourth-order valence-electron chi connectivity index (χ4n) is 3.81. The van der Waals surface area contributed by atoms with Crippen LogP contribution in [0.25, 0.3) is 0 Å². The van der Waals surface area contributed by atoms with Gasteiger partial charge in [-0.3, -0.25) is 9.59 Å². The Morgan fingerprint density at radius 2 is 1.97 bits per heavy atom. The van der Waals surface area contributed by atoms with Crippen LogP contribution >= 0.6 is 11.6 Å². The van der Waals surface area contributed by atoms with Crippen molar-refractivity contribution in [2.24, 2.45) is 0 Å². The molecule has 1 aromatic carbocycles. The number of nitrogens with zero attached hydrogens (tertiary/aromatic N) is 2. The molecule has 30 heavy (non-hydrogen) atoms. The third kappa shape index (κ3) is 5.11. The molecule has 1 amide bonds. The van der Waals surface area contributed by atoms with E-state index < -0.39 is 12.1 Å². The van der Waals surface area contributed by atoms with Gasteiger partial charge < -0.3 is 14.2 Å². The van der Waals surface area contributed by atoms with Gasteiger partial charge in [-0.2, -0.15) is 0 Å². The Bertz CT molecular complexity index is 972. The van der Waals surface area contributed by atoms with E-state index in [4.69, 9.17) is 16.3 Å². The Balaban J connectivity index is 1.71. The molecule has 1 aliphatic heterocycles. The summed E-state index contributed by atoms with van der Waals surface area (Å²) in [4.78, 5) is 39.5. The lowest BCUT2D eigenvalue weighted by Gasteiger charge is -2.36. The van der Waals surface area contributed by atoms with E-state index in [-0.39, 0.29) is 29.6 Å². The molecule has 1 aliphatic rings. The molecule has 1 fully saturated rings. The van der Waals surface area contributed by atoms with E-state index in [1.165, 1.54) is 22.9 Å². The van der Waals surface area contributed by atoms with Crippen molar-refractivity contribution < 1.29 is 14.3 Å². The van der Waals surface area contributed by atoms with Crippen molar-refractivity contribution in [1.82, 2.24) is 9.47 Å². The highest BCUT2D eigenvalue weighted by Crippen LogP contribution is 2.21. The minimum absolute atomic E-state index is 0.167. The number of pyridine rings is 1. The summed E-state index contributed by atoms with van der Waals surface area (Å²) in [7, 11) is 0. The average molecular weight is 431 g/mol. The summed E-state index contributed by atoms with van der Waals surface area (Å²) in [6.45, 7) is 4.60. The average Bonchev–Trinajstić information content (AvgIpc) is 2.76. The zero-order valence-electron chi connectivity index (χ0n) is 17.3. The third-order valence-electron chi connectivity index (χ3n) is 5.53. The Kier molecular flexibility index (Phi) is 7.32. The van der Waals surface area contributed by atoms with Crippen molar-refractivity contribution in [3.05, 3.63) is 69.1 Å². The van der Waals surface area contributed by atoms with Crippen LogP contribution in [-0.4, -0.2) is 40.0 Å². The number of rotatable bonds is 6. The number of ether oxygens (including phenoxy) is 1. The SMILES string of the molecule is CCC1CCCCN1C(=O)C(C)OC(=O)c1ccc(=O)n(Cc2ccccc2Cl)c1. The van der Waals surface area contributed by atoms with Crippen LogP contribution in [0.1, 0.15) is 55.5 Å². The first kappa shape index (κ1) is 22.1. The van der Waals surface area contributed by atoms with Gasteiger partial charge in [-0.1, -0.05) is 36.7 Å². The number of piperidine rings is 1. The molecule has 2 unspecified atom stereocenters. The molecule has 0 bridgehead atoms. The second-order valence-electron chi connectivity index (χ2n) is 7.61. The largest absolute Gasteiger partial charge is 0.449 e. The molecular formula is C23H27ClN2O4. The molecule has 2 aromatic rings. The molecule has 0 aliphatic carbocycles. The molecule has 1 aromatic heterocycles. The lowest BCUT2D eigenvalue weighted by molar-refractivity contribution is -0.143. The third-order valence-corrected chi connectivity index (χ3v) is 5.90. The highest BCUT2D eigenvalue weighted by molar-refractivity contribution is 6.31. The highest BCUT2D eigenvalue weighted by Gasteiger charge is 2.30. The van der Waals surface area contributed by atoms with Gasteiger partial charge in [0.25, 0.3) is 11.5 Å². The number of esters is 1. The van der Waals surface area contributed by atoms with E-state index in [1.807, 2.05) is 23.1 Å². The number of carbonyl (C=O) groups excluding carboxylic acids is 2. The first-order chi connectivity index (χ1) is 14.4. The zero-order chi connectivity index (χ0) is 21.7. The van der Waals surface area contributed by atoms with Crippen molar-refractivity contribution in [2.75, 3.05) is 6.54 Å². The molecular weight excluding hydrogens is 404 g/mol. The Morgan fingerprint density at radius 1 is 1.20 bits per heavy atom. The van der Waals surface area contributed by atoms with Crippen molar-refractivity contribution in [3.8, 4) is 0 Å². The smallest absolute Gasteiger partial charge is 0.340 e. The second kappa shape index (κ2) is 9.94. The molecule has 6 nitrogen and oxygen atoms in total. The molecule has 2 atom stereocenters. The number of halogens is 1. The lowest BCUT2D eigenvalue weighted by Crippen LogP contribution is -2.48. The number of hydrogen-bond donors (Lipinski definition) is 0. The maximum Gasteiger partial charge on any atom is 0.340 e. The van der Waals surface area contributed by atoms with Crippen LogP contribution in [0.15, 0.2) is 47.4 Å². The fourth-order valence-corrected chi connectivity index (χ4v) is 4.01. The van der Waals surface area contributed by atoms with Gasteiger partial charge in [0.05, 0.1) is 12.1 Å². The molecule has 0 spiro atoms. The molecule has 2 heterocycles. The van der Waals surface area contributed by atoms with Gasteiger partial charge in [0.2, 0.25) is 0 Å². The van der Waals surface area contributed by atoms with E-state index in [0.717, 1.165) is 31.2 Å². The van der Waals surface area contributed by atoms with Crippen molar-refractivity contribution in [1.29, 1.82) is 0 Å². The molecule has 7 heteroatoms. The number of aromatic nitrogens is 1. The topological polar surface area (TPSA) is 68.6 Å². The van der Waals surface area contributed by atoms with E-state index in [1.54, 1.807) is 13.0 Å². The van der Waals surface area contributed by atoms with E-state index in [9.17, 15) is 14.4 Å². The van der Waals surface area contributed by atoms with Gasteiger partial charge in [-0.05, 0) is 50.3 Å². The van der Waals surface area contributed by atoms with Crippen molar-refractivity contribution in [2.45, 2.75) is 58.2 Å². The second-order valence-corrected chi connectivity index (χ2v) is 8.02. The monoisotopic (exact) mass is 430 g/mol. The normalized spacial score (nSPS) is 17.4. The summed E-state index contributed by atoms with van der Waals surface area (Å²) >= 11 is 6.18. The van der Waals surface area contributed by atoms with Crippen molar-refractivity contribution >= 4 is 23.5 Å². The molecule has 0 radical (unpaired) electrons. The zero-order valence-corrected chi connectivity index (χ0v) is 18.1. The van der Waals surface area contributed by atoms with E-state index in [0.29, 0.717) is 11.6 Å². The first-order valence-corrected chi connectivity index (χ1v) is 10.7. The molecule has 0 saturated carbocycles. The number of hydrogen-bond acceptors (Lipinski definition) is 4. The van der Waals surface area contributed by atoms with Crippen LogP contribution in [-0.2, 0) is 16.1 Å². The van der Waals surface area contributed by atoms with Crippen LogP contribution in [0.5, 0.6) is 0 Å². The van der Waals surface area contributed by atoms with Crippen LogP contribution in [0.3, 0.4) is 0 Å². The summed E-state index contributed by atoms with van der Waals surface area (Å²) in [5, 5.41) is 0.545. The summed E-state index contributed by atoms with van der Waals surface area (Å²) in [5.41, 5.74) is 0.729. The number of amides is 1.